The van der Waals surface area contributed by atoms with Gasteiger partial charge in [-0.1, -0.05) is 12.1 Å². The zero-order valence-electron chi connectivity index (χ0n) is 17.2. The fraction of sp³-hybridized carbons (Fsp3) is 0.217. The Labute approximate surface area is 184 Å². The third kappa shape index (κ3) is 5.00. The van der Waals surface area contributed by atoms with Crippen LogP contribution in [0.3, 0.4) is 0 Å². The quantitative estimate of drug-likeness (QED) is 0.550. The third-order valence-corrected chi connectivity index (χ3v) is 4.99. The molecule has 4 rings (SSSR count). The van der Waals surface area contributed by atoms with E-state index < -0.39 is 12.6 Å². The summed E-state index contributed by atoms with van der Waals surface area (Å²) in [6, 6.07) is 13.0. The van der Waals surface area contributed by atoms with E-state index in [0.717, 1.165) is 0 Å². The number of nitrogens with zero attached hydrogens (tertiary/aromatic N) is 4. The molecule has 0 bridgehead atoms. The Balaban J connectivity index is 1.31. The first-order valence-corrected chi connectivity index (χ1v) is 10.1. The number of hydrogen-bond donors (Lipinski definition) is 0. The molecule has 0 spiro atoms. The maximum absolute atomic E-state index is 14.0. The minimum absolute atomic E-state index is 0.0662. The van der Waals surface area contributed by atoms with Crippen LogP contribution in [0.2, 0.25) is 0 Å². The number of aromatic nitrogens is 2. The fourth-order valence-electron chi connectivity index (χ4n) is 3.35. The Morgan fingerprint density at radius 3 is 2.50 bits per heavy atom. The van der Waals surface area contributed by atoms with Crippen LogP contribution in [-0.4, -0.2) is 59.5 Å². The second kappa shape index (κ2) is 9.86. The molecule has 1 fully saturated rings. The molecular weight excluding hydrogens is 415 g/mol. The molecule has 0 radical (unpaired) electrons. The predicted octanol–water partition coefficient (Wildman–Crippen LogP) is 2.91. The molecule has 0 N–H and O–H groups in total. The van der Waals surface area contributed by atoms with E-state index in [9.17, 15) is 14.0 Å². The van der Waals surface area contributed by atoms with Gasteiger partial charge >= 0.3 is 5.97 Å². The lowest BCUT2D eigenvalue weighted by Gasteiger charge is -2.36. The molecule has 8 nitrogen and oxygen atoms in total. The Bertz CT molecular complexity index is 1090. The van der Waals surface area contributed by atoms with Crippen molar-refractivity contribution < 1.29 is 23.5 Å². The molecule has 9 heteroatoms. The topological polar surface area (TPSA) is 84.9 Å². The second-order valence-electron chi connectivity index (χ2n) is 7.04. The Hall–Kier alpha value is -4.01. The van der Waals surface area contributed by atoms with Crippen molar-refractivity contribution in [2.75, 3.05) is 37.7 Å². The number of rotatable bonds is 6. The summed E-state index contributed by atoms with van der Waals surface area (Å²) in [6.07, 6.45) is 4.58. The number of piperazine rings is 1. The van der Waals surface area contributed by atoms with Gasteiger partial charge in [0.1, 0.15) is 17.1 Å². The van der Waals surface area contributed by atoms with Gasteiger partial charge in [0.25, 0.3) is 5.91 Å². The molecule has 1 saturated heterocycles. The van der Waals surface area contributed by atoms with Crippen molar-refractivity contribution in [3.05, 3.63) is 78.5 Å². The van der Waals surface area contributed by atoms with Crippen LogP contribution in [0.5, 0.6) is 11.6 Å². The third-order valence-electron chi connectivity index (χ3n) is 4.99. The van der Waals surface area contributed by atoms with E-state index in [0.29, 0.717) is 37.6 Å². The molecule has 0 unspecified atom stereocenters. The molecule has 1 aromatic carbocycles. The summed E-state index contributed by atoms with van der Waals surface area (Å²) in [4.78, 5) is 36.6. The summed E-state index contributed by atoms with van der Waals surface area (Å²) in [5.41, 5.74) is 0.622. The first-order chi connectivity index (χ1) is 15.6. The normalized spacial score (nSPS) is 13.5. The van der Waals surface area contributed by atoms with E-state index in [1.165, 1.54) is 24.5 Å². The molecule has 0 aliphatic carbocycles. The highest BCUT2D eigenvalue weighted by Crippen LogP contribution is 2.23. The zero-order valence-corrected chi connectivity index (χ0v) is 17.2. The molecule has 32 heavy (non-hydrogen) atoms. The van der Waals surface area contributed by atoms with E-state index in [4.69, 9.17) is 9.47 Å². The lowest BCUT2D eigenvalue weighted by molar-refractivity contribution is -0.134. The minimum atomic E-state index is -0.713. The van der Waals surface area contributed by atoms with Crippen molar-refractivity contribution in [3.8, 4) is 11.6 Å². The Kier molecular flexibility index (Phi) is 6.54. The second-order valence-corrected chi connectivity index (χ2v) is 7.04. The van der Waals surface area contributed by atoms with E-state index in [2.05, 4.69) is 9.97 Å². The van der Waals surface area contributed by atoms with Gasteiger partial charge < -0.3 is 19.3 Å². The molecule has 1 aliphatic heterocycles. The van der Waals surface area contributed by atoms with Crippen LogP contribution in [-0.2, 0) is 9.53 Å². The van der Waals surface area contributed by atoms with Crippen molar-refractivity contribution in [1.29, 1.82) is 0 Å². The van der Waals surface area contributed by atoms with Crippen LogP contribution in [0.25, 0.3) is 0 Å². The summed E-state index contributed by atoms with van der Waals surface area (Å²) in [6.45, 7) is 1.40. The number of hydrogen-bond acceptors (Lipinski definition) is 7. The van der Waals surface area contributed by atoms with Gasteiger partial charge in [-0.3, -0.25) is 9.78 Å². The van der Waals surface area contributed by atoms with Crippen molar-refractivity contribution in [2.24, 2.45) is 0 Å². The number of amides is 1. The average molecular weight is 436 g/mol. The van der Waals surface area contributed by atoms with Gasteiger partial charge in [0.05, 0.1) is 11.9 Å². The Morgan fingerprint density at radius 1 is 0.969 bits per heavy atom. The number of halogens is 1. The average Bonchev–Trinajstić information content (AvgIpc) is 2.84. The lowest BCUT2D eigenvalue weighted by Crippen LogP contribution is -2.50. The Morgan fingerprint density at radius 2 is 1.75 bits per heavy atom. The highest BCUT2D eigenvalue weighted by molar-refractivity contribution is 5.93. The van der Waals surface area contributed by atoms with E-state index in [1.807, 2.05) is 4.90 Å². The summed E-state index contributed by atoms with van der Waals surface area (Å²) in [7, 11) is 0. The first-order valence-electron chi connectivity index (χ1n) is 10.1. The van der Waals surface area contributed by atoms with Gasteiger partial charge in [-0.25, -0.2) is 14.2 Å². The van der Waals surface area contributed by atoms with Gasteiger partial charge in [0.15, 0.2) is 6.61 Å². The molecule has 164 valence electrons. The number of benzene rings is 1. The molecule has 3 aromatic rings. The maximum Gasteiger partial charge on any atom is 0.344 e. The largest absolute Gasteiger partial charge is 0.452 e. The van der Waals surface area contributed by atoms with Gasteiger partial charge in [-0.2, -0.15) is 0 Å². The number of anilines is 1. The van der Waals surface area contributed by atoms with Gasteiger partial charge in [-0.05, 0) is 36.4 Å². The van der Waals surface area contributed by atoms with Crippen molar-refractivity contribution in [1.82, 2.24) is 14.9 Å². The molecule has 1 amide bonds. The van der Waals surface area contributed by atoms with Crippen LogP contribution in [0.1, 0.15) is 10.4 Å². The minimum Gasteiger partial charge on any atom is -0.452 e. The summed E-state index contributed by atoms with van der Waals surface area (Å²) in [5, 5.41) is 0. The molecule has 0 atom stereocenters. The molecule has 1 aliphatic rings. The molecule has 2 aromatic heterocycles. The number of ether oxygens (including phenoxy) is 2. The lowest BCUT2D eigenvalue weighted by atomic mass is 10.2. The van der Waals surface area contributed by atoms with E-state index in [-0.39, 0.29) is 23.2 Å². The van der Waals surface area contributed by atoms with Gasteiger partial charge in [-0.15, -0.1) is 0 Å². The first kappa shape index (κ1) is 21.2. The highest BCUT2D eigenvalue weighted by atomic mass is 19.1. The van der Waals surface area contributed by atoms with Crippen LogP contribution in [0.15, 0.2) is 67.1 Å². The monoisotopic (exact) mass is 436 g/mol. The van der Waals surface area contributed by atoms with Gasteiger partial charge in [0.2, 0.25) is 5.88 Å². The van der Waals surface area contributed by atoms with Crippen LogP contribution in [0.4, 0.5) is 10.1 Å². The van der Waals surface area contributed by atoms with Crippen molar-refractivity contribution >= 4 is 17.6 Å². The fourth-order valence-corrected chi connectivity index (χ4v) is 3.35. The predicted molar refractivity (Wildman–Crippen MR) is 114 cm³/mol. The standard InChI is InChI=1S/C23H21FN4O4/c24-19-7-1-2-8-20(19)27-11-13-28(14-12-27)21(29)16-31-23(30)18-6-4-10-26-22(18)32-17-5-3-9-25-15-17/h1-10,15H,11-14,16H2. The maximum atomic E-state index is 14.0. The van der Waals surface area contributed by atoms with E-state index in [1.54, 1.807) is 47.5 Å². The van der Waals surface area contributed by atoms with Crippen LogP contribution >= 0.6 is 0 Å². The van der Waals surface area contributed by atoms with Crippen LogP contribution in [0, 0.1) is 5.82 Å². The number of esters is 1. The molecule has 0 saturated carbocycles. The number of carbonyl (C=O) groups excluding carboxylic acids is 2. The summed E-state index contributed by atoms with van der Waals surface area (Å²) >= 11 is 0. The molecule has 3 heterocycles. The number of carbonyl (C=O) groups is 2. The SMILES string of the molecule is O=C(OCC(=O)N1CCN(c2ccccc2F)CC1)c1cccnc1Oc1cccnc1. The zero-order chi connectivity index (χ0) is 22.3. The van der Waals surface area contributed by atoms with Crippen LogP contribution < -0.4 is 9.64 Å². The smallest absolute Gasteiger partial charge is 0.344 e. The molecular formula is C23H21FN4O4. The van der Waals surface area contributed by atoms with Crippen molar-refractivity contribution in [2.45, 2.75) is 0 Å². The highest BCUT2D eigenvalue weighted by Gasteiger charge is 2.24. The van der Waals surface area contributed by atoms with Crippen molar-refractivity contribution in [3.63, 3.8) is 0 Å². The number of para-hydroxylation sites is 1. The summed E-state index contributed by atoms with van der Waals surface area (Å²) in [5.74, 6) is -0.831. The number of pyridine rings is 2. The van der Waals surface area contributed by atoms with Gasteiger partial charge in [0, 0.05) is 38.6 Å². The summed E-state index contributed by atoms with van der Waals surface area (Å²) < 4.78 is 24.8. The van der Waals surface area contributed by atoms with E-state index >= 15 is 0 Å².